The minimum Gasteiger partial charge on any atom is -0.501 e. The first-order valence-electron chi connectivity index (χ1n) is 21.8. The van der Waals surface area contributed by atoms with Crippen molar-refractivity contribution in [2.24, 2.45) is 11.3 Å². The van der Waals surface area contributed by atoms with E-state index >= 15 is 0 Å². The van der Waals surface area contributed by atoms with Crippen LogP contribution in [0.4, 0.5) is 0 Å². The molecule has 8 heteroatoms. The van der Waals surface area contributed by atoms with Gasteiger partial charge in [-0.3, -0.25) is 0 Å². The van der Waals surface area contributed by atoms with Gasteiger partial charge in [-0.05, 0) is 67.1 Å². The molecular weight excluding hydrogens is 780 g/mol. The maximum atomic E-state index is 6.96. The van der Waals surface area contributed by atoms with Gasteiger partial charge in [-0.15, -0.1) is 5.56 Å². The standard InChI is InChI=1S/C43H64BCl2NO3.C7H6Cl/c1-7-8-9-10-11-12-13-14-15-16-17-18-19-21-24-36(4)42(5,6)43(47,33-37-25-22-20-23-26-37)50-44(48-38-29-27-34(2)40(45)31-38)49-39-30-28-35(3)41(46)32-39;1-6-4-2-3-5-7(6)8/h20,22-23,25-32,36H,7-19,21,24,33,47H2,1-6H3;2,4-5H,1H3/q;-1/p+1. The molecule has 0 saturated heterocycles. The van der Waals surface area contributed by atoms with Crippen LogP contribution < -0.4 is 15.0 Å². The third-order valence-corrected chi connectivity index (χ3v) is 13.0. The van der Waals surface area contributed by atoms with Gasteiger partial charge in [-0.2, -0.15) is 35.9 Å². The molecule has 318 valence electrons. The number of quaternary nitrogens is 1. The highest BCUT2D eigenvalue weighted by Crippen LogP contribution is 2.42. The Balaban J connectivity index is 0.000000999. The molecule has 0 heterocycles. The molecule has 0 bridgehead atoms. The summed E-state index contributed by atoms with van der Waals surface area (Å²) in [5.41, 5.74) is 7.79. The van der Waals surface area contributed by atoms with Gasteiger partial charge < -0.3 is 19.7 Å². The van der Waals surface area contributed by atoms with Crippen molar-refractivity contribution < 1.29 is 19.7 Å². The highest BCUT2D eigenvalue weighted by Gasteiger charge is 2.54. The molecule has 0 amide bonds. The van der Waals surface area contributed by atoms with Crippen molar-refractivity contribution in [2.75, 3.05) is 0 Å². The molecule has 0 aliphatic carbocycles. The second kappa shape index (κ2) is 26.5. The number of rotatable bonds is 25. The van der Waals surface area contributed by atoms with Crippen molar-refractivity contribution in [2.45, 2.75) is 157 Å². The van der Waals surface area contributed by atoms with Crippen LogP contribution in [-0.4, -0.2) is 13.0 Å². The van der Waals surface area contributed by atoms with Crippen molar-refractivity contribution in [3.05, 3.63) is 128 Å². The van der Waals surface area contributed by atoms with E-state index in [9.17, 15) is 0 Å². The molecule has 0 aromatic heterocycles. The zero-order valence-electron chi connectivity index (χ0n) is 36.6. The van der Waals surface area contributed by atoms with Gasteiger partial charge in [0.2, 0.25) is 5.72 Å². The van der Waals surface area contributed by atoms with E-state index in [4.69, 9.17) is 54.5 Å². The van der Waals surface area contributed by atoms with Crippen molar-refractivity contribution in [1.29, 1.82) is 0 Å². The second-order valence-electron chi connectivity index (χ2n) is 16.8. The number of benzene rings is 4. The number of unbranched alkanes of at least 4 members (excludes halogenated alkanes) is 13. The van der Waals surface area contributed by atoms with Crippen LogP contribution >= 0.6 is 34.8 Å². The summed E-state index contributed by atoms with van der Waals surface area (Å²) in [4.78, 5) is 0. The first-order valence-corrected chi connectivity index (χ1v) is 22.9. The van der Waals surface area contributed by atoms with Crippen molar-refractivity contribution >= 4 is 42.1 Å². The lowest BCUT2D eigenvalue weighted by molar-refractivity contribution is -0.573. The van der Waals surface area contributed by atoms with Gasteiger partial charge in [-0.25, -0.2) is 0 Å². The molecule has 0 spiro atoms. The first kappa shape index (κ1) is 49.7. The summed E-state index contributed by atoms with van der Waals surface area (Å²) < 4.78 is 19.8. The van der Waals surface area contributed by atoms with E-state index in [2.05, 4.69) is 58.0 Å². The highest BCUT2D eigenvalue weighted by molar-refractivity contribution is 6.39. The van der Waals surface area contributed by atoms with Crippen molar-refractivity contribution in [3.63, 3.8) is 0 Å². The third kappa shape index (κ3) is 17.5. The number of halogens is 3. The van der Waals surface area contributed by atoms with Gasteiger partial charge in [0.25, 0.3) is 0 Å². The minimum absolute atomic E-state index is 0.333. The zero-order chi connectivity index (χ0) is 42.4. The summed E-state index contributed by atoms with van der Waals surface area (Å²) in [5.74, 6) is 1.45. The van der Waals surface area contributed by atoms with Gasteiger partial charge >= 0.3 is 7.32 Å². The summed E-state index contributed by atoms with van der Waals surface area (Å²) in [6.07, 6.45) is 20.8. The summed E-state index contributed by atoms with van der Waals surface area (Å²) in [6.45, 7) is 15.1. The minimum atomic E-state index is -1.10. The molecule has 0 aliphatic rings. The Morgan fingerprint density at radius 1 is 0.638 bits per heavy atom. The fourth-order valence-electron chi connectivity index (χ4n) is 7.06. The predicted molar refractivity (Wildman–Crippen MR) is 249 cm³/mol. The van der Waals surface area contributed by atoms with E-state index in [1.54, 1.807) is 18.2 Å². The van der Waals surface area contributed by atoms with E-state index in [1.165, 1.54) is 89.9 Å². The van der Waals surface area contributed by atoms with Gasteiger partial charge in [0.1, 0.15) is 11.5 Å². The van der Waals surface area contributed by atoms with Gasteiger partial charge in [-0.1, -0.05) is 195 Å². The van der Waals surface area contributed by atoms with Gasteiger partial charge in [0.05, 0.1) is 6.42 Å². The van der Waals surface area contributed by atoms with Crippen LogP contribution in [0.3, 0.4) is 0 Å². The van der Waals surface area contributed by atoms with Crippen LogP contribution in [0.15, 0.2) is 84.9 Å². The molecule has 4 aromatic carbocycles. The number of hydrogen-bond donors (Lipinski definition) is 1. The van der Waals surface area contributed by atoms with Crippen LogP contribution in [0, 0.1) is 38.2 Å². The van der Waals surface area contributed by atoms with Crippen LogP contribution in [0.2, 0.25) is 15.1 Å². The normalized spacial score (nSPS) is 12.9. The monoisotopic (exact) mass is 849 g/mol. The van der Waals surface area contributed by atoms with Crippen LogP contribution in [0.25, 0.3) is 0 Å². The maximum absolute atomic E-state index is 6.96. The smallest absolute Gasteiger partial charge is 0.501 e. The predicted octanol–water partition coefficient (Wildman–Crippen LogP) is 15.2. The average molecular weight is 851 g/mol. The summed E-state index contributed by atoms with van der Waals surface area (Å²) in [5, 5.41) is 2.02. The Morgan fingerprint density at radius 3 is 1.53 bits per heavy atom. The lowest BCUT2D eigenvalue weighted by Gasteiger charge is -2.45. The lowest BCUT2D eigenvalue weighted by Crippen LogP contribution is -2.83. The number of aryl methyl sites for hydroxylation is 3. The largest absolute Gasteiger partial charge is 0.792 e. The molecule has 0 radical (unpaired) electrons. The topological polar surface area (TPSA) is 55.3 Å². The molecule has 0 aliphatic heterocycles. The van der Waals surface area contributed by atoms with E-state index in [0.717, 1.165) is 33.7 Å². The molecule has 4 rings (SSSR count). The SMILES string of the molecule is CCCCCCCCCCCCCCCCC(C)C(C)(C)C([NH3+])(Cc1ccccc1)OB(Oc1ccc(C)c(Cl)c1)Oc1ccc(C)c(Cl)c1.Cc1cc[c-]cc1Cl. The molecule has 3 N–H and O–H groups in total. The summed E-state index contributed by atoms with van der Waals surface area (Å²) in [6, 6.07) is 30.1. The first-order chi connectivity index (χ1) is 27.8. The lowest BCUT2D eigenvalue weighted by atomic mass is 9.67. The third-order valence-electron chi connectivity index (χ3n) is 11.8. The molecule has 58 heavy (non-hydrogen) atoms. The Kier molecular flexibility index (Phi) is 22.7. The molecule has 0 saturated carbocycles. The van der Waals surface area contributed by atoms with E-state index < -0.39 is 13.0 Å². The molecule has 0 fully saturated rings. The van der Waals surface area contributed by atoms with Crippen LogP contribution in [0.5, 0.6) is 11.5 Å². The zero-order valence-corrected chi connectivity index (χ0v) is 38.9. The van der Waals surface area contributed by atoms with E-state index in [0.29, 0.717) is 33.9 Å². The van der Waals surface area contributed by atoms with Crippen LogP contribution in [0.1, 0.15) is 146 Å². The molecular formula is C50H71BCl3NO3. The Labute approximate surface area is 368 Å². The fourth-order valence-corrected chi connectivity index (χ4v) is 7.53. The second-order valence-corrected chi connectivity index (χ2v) is 18.0. The number of hydrogen-bond acceptors (Lipinski definition) is 3. The fraction of sp³-hybridized carbons (Fsp3) is 0.520. The molecule has 4 aromatic rings. The van der Waals surface area contributed by atoms with Gasteiger partial charge in [0.15, 0.2) is 0 Å². The molecule has 2 atom stereocenters. The summed E-state index contributed by atoms with van der Waals surface area (Å²) >= 11 is 18.7. The Hall–Kier alpha value is -2.67. The maximum Gasteiger partial charge on any atom is 0.792 e. The van der Waals surface area contributed by atoms with E-state index in [1.807, 2.05) is 63.2 Å². The van der Waals surface area contributed by atoms with Crippen molar-refractivity contribution in [1.82, 2.24) is 0 Å². The Bertz CT molecular complexity index is 1660. The average Bonchev–Trinajstić information content (AvgIpc) is 3.19. The molecule has 2 unspecified atom stereocenters. The summed E-state index contributed by atoms with van der Waals surface area (Å²) in [7, 11) is -1.10. The van der Waals surface area contributed by atoms with E-state index in [-0.39, 0.29) is 5.41 Å². The highest BCUT2D eigenvalue weighted by atomic mass is 35.5. The quantitative estimate of drug-likeness (QED) is 0.0313. The van der Waals surface area contributed by atoms with Crippen molar-refractivity contribution in [3.8, 4) is 11.5 Å². The molecule has 4 nitrogen and oxygen atoms in total. The van der Waals surface area contributed by atoms with Gasteiger partial charge in [0, 0.05) is 15.5 Å². The van der Waals surface area contributed by atoms with Crippen LogP contribution in [-0.2, 0) is 11.1 Å². The Morgan fingerprint density at radius 2 is 1.10 bits per heavy atom.